The molecule has 0 unspecified atom stereocenters. The molecule has 0 aliphatic heterocycles. The van der Waals surface area contributed by atoms with E-state index in [0.29, 0.717) is 10.8 Å². The molecule has 0 spiro atoms. The normalized spacial score (nSPS) is 10.7. The number of aromatic nitrogens is 1. The van der Waals surface area contributed by atoms with Crippen LogP contribution >= 0.6 is 22.9 Å². The number of amides is 1. The summed E-state index contributed by atoms with van der Waals surface area (Å²) < 4.78 is 5.25. The number of hydrogen-bond donors (Lipinski definition) is 0. The van der Waals surface area contributed by atoms with Crippen LogP contribution in [0.1, 0.15) is 39.7 Å². The van der Waals surface area contributed by atoms with Crippen LogP contribution in [0.25, 0.3) is 0 Å². The van der Waals surface area contributed by atoms with Crippen LogP contribution in [0, 0.1) is 30.9 Å². The number of hydrogen-bond acceptors (Lipinski definition) is 7. The van der Waals surface area contributed by atoms with Gasteiger partial charge in [0.15, 0.2) is 5.13 Å². The van der Waals surface area contributed by atoms with Crippen molar-refractivity contribution in [3.05, 3.63) is 78.8 Å². The zero-order valence-electron chi connectivity index (χ0n) is 17.8. The van der Waals surface area contributed by atoms with Crippen LogP contribution < -0.4 is 4.90 Å². The van der Waals surface area contributed by atoms with Gasteiger partial charge in [0.2, 0.25) is 5.91 Å². The number of non-ortho nitro benzene ring substituents is 1. The summed E-state index contributed by atoms with van der Waals surface area (Å²) in [6, 6.07) is 7.54. The number of halogens is 1. The van der Waals surface area contributed by atoms with Gasteiger partial charge in [0, 0.05) is 24.4 Å². The third-order valence-corrected chi connectivity index (χ3v) is 5.84. The maximum atomic E-state index is 12.5. The number of esters is 1. The van der Waals surface area contributed by atoms with Crippen LogP contribution in [0.5, 0.6) is 0 Å². The second kappa shape index (κ2) is 9.46. The highest BCUT2D eigenvalue weighted by Gasteiger charge is 2.23. The van der Waals surface area contributed by atoms with Crippen LogP contribution in [0.3, 0.4) is 0 Å². The molecule has 0 saturated carbocycles. The molecule has 1 amide bonds. The van der Waals surface area contributed by atoms with Gasteiger partial charge in [-0.25, -0.2) is 9.78 Å². The smallest absolute Gasteiger partial charge is 0.340 e. The number of nitrogens with zero attached hydrogens (tertiary/aromatic N) is 3. The molecule has 10 heteroatoms. The van der Waals surface area contributed by atoms with Crippen LogP contribution in [0.15, 0.2) is 35.7 Å². The second-order valence-electron chi connectivity index (χ2n) is 7.22. The van der Waals surface area contributed by atoms with Crippen molar-refractivity contribution in [2.75, 3.05) is 4.90 Å². The lowest BCUT2D eigenvalue weighted by atomic mass is 10.0. The molecule has 0 atom stereocenters. The summed E-state index contributed by atoms with van der Waals surface area (Å²) in [4.78, 5) is 41.2. The van der Waals surface area contributed by atoms with E-state index in [4.69, 9.17) is 16.3 Å². The fourth-order valence-electron chi connectivity index (χ4n) is 3.38. The molecule has 8 nitrogen and oxygen atoms in total. The van der Waals surface area contributed by atoms with Gasteiger partial charge in [0.1, 0.15) is 6.61 Å². The summed E-state index contributed by atoms with van der Waals surface area (Å²) >= 11 is 7.23. The van der Waals surface area contributed by atoms with E-state index < -0.39 is 10.9 Å². The lowest BCUT2D eigenvalue weighted by Crippen LogP contribution is -2.24. The lowest BCUT2D eigenvalue weighted by Gasteiger charge is -2.23. The molecule has 0 N–H and O–H groups in total. The summed E-state index contributed by atoms with van der Waals surface area (Å²) in [7, 11) is 0. The van der Waals surface area contributed by atoms with Crippen LogP contribution in [0.4, 0.5) is 16.5 Å². The van der Waals surface area contributed by atoms with Gasteiger partial charge in [-0.2, -0.15) is 0 Å². The topological polar surface area (TPSA) is 103 Å². The Labute approximate surface area is 193 Å². The molecule has 0 aliphatic carbocycles. The summed E-state index contributed by atoms with van der Waals surface area (Å²) in [5.74, 6) is -0.997. The number of anilines is 2. The molecule has 3 aromatic rings. The zero-order chi connectivity index (χ0) is 23.6. The Bertz CT molecular complexity index is 1200. The average molecular weight is 474 g/mol. The van der Waals surface area contributed by atoms with E-state index in [9.17, 15) is 19.7 Å². The first-order valence-electron chi connectivity index (χ1n) is 9.52. The molecule has 1 aromatic heterocycles. The van der Waals surface area contributed by atoms with Crippen molar-refractivity contribution < 1.29 is 19.2 Å². The summed E-state index contributed by atoms with van der Waals surface area (Å²) in [6.45, 7) is 7.15. The number of carbonyl (C=O) groups is 2. The maximum absolute atomic E-state index is 12.5. The first-order valence-corrected chi connectivity index (χ1v) is 10.8. The lowest BCUT2D eigenvalue weighted by molar-refractivity contribution is -0.384. The SMILES string of the molecule is CC(=O)N(c1nc(COC(=O)c2cc([N+](=O)[O-])ccc2Cl)cs1)c1c(C)cc(C)cc1C. The molecule has 3 rings (SSSR count). The standard InChI is InChI=1S/C22H20ClN3O5S/c1-12-7-13(2)20(14(3)8-12)25(15(4)27)22-24-16(11-32-22)10-31-21(28)18-9-17(26(29)30)5-6-19(18)23/h5-9,11H,10H2,1-4H3. The average Bonchev–Trinajstić information content (AvgIpc) is 3.16. The minimum Gasteiger partial charge on any atom is -0.456 e. The molecule has 0 aliphatic rings. The molecule has 0 radical (unpaired) electrons. The Hall–Kier alpha value is -3.30. The number of ether oxygens (including phenoxy) is 1. The highest BCUT2D eigenvalue weighted by molar-refractivity contribution is 7.14. The predicted molar refractivity (Wildman–Crippen MR) is 123 cm³/mol. The highest BCUT2D eigenvalue weighted by atomic mass is 35.5. The van der Waals surface area contributed by atoms with E-state index in [1.54, 1.807) is 5.38 Å². The molecule has 0 fully saturated rings. The van der Waals surface area contributed by atoms with Crippen molar-refractivity contribution in [1.82, 2.24) is 4.98 Å². The van der Waals surface area contributed by atoms with Gasteiger partial charge in [0.25, 0.3) is 5.69 Å². The molecule has 1 heterocycles. The number of benzene rings is 2. The molecule has 0 bridgehead atoms. The van der Waals surface area contributed by atoms with Crippen molar-refractivity contribution in [1.29, 1.82) is 0 Å². The monoisotopic (exact) mass is 473 g/mol. The van der Waals surface area contributed by atoms with Gasteiger partial charge in [-0.15, -0.1) is 11.3 Å². The van der Waals surface area contributed by atoms with E-state index in [1.807, 2.05) is 32.9 Å². The van der Waals surface area contributed by atoms with Crippen molar-refractivity contribution in [3.8, 4) is 0 Å². The fraction of sp³-hybridized carbons (Fsp3) is 0.227. The Morgan fingerprint density at radius 3 is 2.44 bits per heavy atom. The molecule has 32 heavy (non-hydrogen) atoms. The number of carbonyl (C=O) groups excluding carboxylic acids is 2. The minimum absolute atomic E-state index is 0.0487. The number of nitro benzene ring substituents is 1. The number of aryl methyl sites for hydroxylation is 3. The van der Waals surface area contributed by atoms with E-state index in [2.05, 4.69) is 4.98 Å². The number of rotatable bonds is 6. The molecule has 2 aromatic carbocycles. The quantitative estimate of drug-likeness (QED) is 0.259. The van der Waals surface area contributed by atoms with Crippen LogP contribution in [-0.2, 0) is 16.1 Å². The van der Waals surface area contributed by atoms with E-state index >= 15 is 0 Å². The summed E-state index contributed by atoms with van der Waals surface area (Å²) in [6.07, 6.45) is 0. The van der Waals surface area contributed by atoms with Crippen LogP contribution in [-0.4, -0.2) is 21.8 Å². The Morgan fingerprint density at radius 2 is 1.84 bits per heavy atom. The van der Waals surface area contributed by atoms with Gasteiger partial charge in [-0.3, -0.25) is 19.8 Å². The van der Waals surface area contributed by atoms with Crippen molar-refractivity contribution in [3.63, 3.8) is 0 Å². The number of thiazole rings is 1. The molecular formula is C22H20ClN3O5S. The highest BCUT2D eigenvalue weighted by Crippen LogP contribution is 2.34. The predicted octanol–water partition coefficient (Wildman–Crippen LogP) is 5.67. The van der Waals surface area contributed by atoms with Gasteiger partial charge >= 0.3 is 5.97 Å². The van der Waals surface area contributed by atoms with Gasteiger partial charge in [0.05, 0.1) is 26.9 Å². The van der Waals surface area contributed by atoms with Crippen molar-refractivity contribution in [2.45, 2.75) is 34.3 Å². The van der Waals surface area contributed by atoms with E-state index in [0.717, 1.165) is 28.4 Å². The first-order chi connectivity index (χ1) is 15.1. The molecule has 0 saturated heterocycles. The largest absolute Gasteiger partial charge is 0.456 e. The van der Waals surface area contributed by atoms with Crippen molar-refractivity contribution >= 4 is 51.3 Å². The van der Waals surface area contributed by atoms with Crippen molar-refractivity contribution in [2.24, 2.45) is 0 Å². The van der Waals surface area contributed by atoms with E-state index in [-0.39, 0.29) is 28.8 Å². The van der Waals surface area contributed by atoms with E-state index in [1.165, 1.54) is 35.3 Å². The Kier molecular flexibility index (Phi) is 6.90. The molecule has 166 valence electrons. The fourth-order valence-corrected chi connectivity index (χ4v) is 4.43. The minimum atomic E-state index is -0.804. The Balaban J connectivity index is 1.81. The van der Waals surface area contributed by atoms with Gasteiger partial charge in [-0.1, -0.05) is 29.3 Å². The molecular weight excluding hydrogens is 454 g/mol. The van der Waals surface area contributed by atoms with Gasteiger partial charge < -0.3 is 4.74 Å². The second-order valence-corrected chi connectivity index (χ2v) is 8.46. The first kappa shape index (κ1) is 23.4. The maximum Gasteiger partial charge on any atom is 0.340 e. The number of nitro groups is 1. The third kappa shape index (κ3) is 4.95. The summed E-state index contributed by atoms with van der Waals surface area (Å²) in [5.41, 5.74) is 3.82. The third-order valence-electron chi connectivity index (χ3n) is 4.64. The summed E-state index contributed by atoms with van der Waals surface area (Å²) in [5, 5.41) is 13.1. The van der Waals surface area contributed by atoms with Crippen LogP contribution in [0.2, 0.25) is 5.02 Å². The Morgan fingerprint density at radius 1 is 1.19 bits per heavy atom. The van der Waals surface area contributed by atoms with Gasteiger partial charge in [-0.05, 0) is 38.0 Å². The zero-order valence-corrected chi connectivity index (χ0v) is 19.4.